The largest absolute Gasteiger partial charge is 0.499 e. The fraction of sp³-hybridized carbons (Fsp3) is 1.00. The van der Waals surface area contributed by atoms with Gasteiger partial charge in [0.2, 0.25) is 0 Å². The predicted molar refractivity (Wildman–Crippen MR) is 68.1 cm³/mol. The molecule has 0 radical (unpaired) electrons. The van der Waals surface area contributed by atoms with Crippen molar-refractivity contribution >= 4 is 8.80 Å². The molecule has 0 aromatic heterocycles. The van der Waals surface area contributed by atoms with Gasteiger partial charge >= 0.3 is 8.80 Å². The molecule has 0 spiro atoms. The molecule has 0 aromatic carbocycles. The number of rotatable bonds is 9. The Kier molecular flexibility index (Phi) is 7.42. The van der Waals surface area contributed by atoms with Gasteiger partial charge < -0.3 is 19.0 Å². The monoisotopic (exact) mass is 249 g/mol. The van der Waals surface area contributed by atoms with Crippen LogP contribution in [0.15, 0.2) is 0 Å². The van der Waals surface area contributed by atoms with Crippen molar-refractivity contribution in [2.75, 3.05) is 13.2 Å². The highest BCUT2D eigenvalue weighted by atomic mass is 28.4. The van der Waals surface area contributed by atoms with Crippen molar-refractivity contribution in [3.63, 3.8) is 0 Å². The molecule has 98 valence electrons. The highest BCUT2D eigenvalue weighted by Crippen LogP contribution is 2.23. The van der Waals surface area contributed by atoms with E-state index < -0.39 is 14.5 Å². The normalized spacial score (nSPS) is 16.1. The molecular weight excluding hydrogens is 222 g/mol. The summed E-state index contributed by atoms with van der Waals surface area (Å²) in [4.78, 5) is 0. The maximum Gasteiger partial charge on any atom is 0.499 e. The summed E-state index contributed by atoms with van der Waals surface area (Å²) in [5, 5.41) is 0. The van der Waals surface area contributed by atoms with Crippen molar-refractivity contribution < 1.29 is 13.3 Å². The Morgan fingerprint density at radius 1 is 1.06 bits per heavy atom. The average molecular weight is 249 g/mol. The van der Waals surface area contributed by atoms with E-state index in [-0.39, 0.29) is 0 Å². The zero-order valence-corrected chi connectivity index (χ0v) is 12.3. The smallest absolute Gasteiger partial charge is 0.374 e. The topological polar surface area (TPSA) is 53.7 Å². The summed E-state index contributed by atoms with van der Waals surface area (Å²) in [6, 6.07) is 0. The van der Waals surface area contributed by atoms with Gasteiger partial charge in [0.25, 0.3) is 0 Å². The lowest BCUT2D eigenvalue weighted by Gasteiger charge is -2.36. The number of hydrogen-bond acceptors (Lipinski definition) is 4. The van der Waals surface area contributed by atoms with E-state index in [1.807, 2.05) is 27.3 Å². The van der Waals surface area contributed by atoms with E-state index in [2.05, 4.69) is 6.92 Å². The van der Waals surface area contributed by atoms with Gasteiger partial charge in [-0.05, 0) is 26.7 Å². The third-order valence-electron chi connectivity index (χ3n) is 2.47. The summed E-state index contributed by atoms with van der Waals surface area (Å²) >= 11 is 0. The van der Waals surface area contributed by atoms with Gasteiger partial charge in [-0.15, -0.1) is 0 Å². The zero-order valence-electron chi connectivity index (χ0n) is 11.3. The highest BCUT2D eigenvalue weighted by molar-refractivity contribution is 6.59. The molecule has 0 amide bonds. The first-order valence-electron chi connectivity index (χ1n) is 6.22. The molecule has 0 saturated heterocycles. The Balaban J connectivity index is 4.56. The van der Waals surface area contributed by atoms with Crippen molar-refractivity contribution in [2.45, 2.75) is 59.2 Å². The van der Waals surface area contributed by atoms with E-state index in [1.165, 1.54) is 0 Å². The van der Waals surface area contributed by atoms with Crippen molar-refractivity contribution in [1.29, 1.82) is 0 Å². The van der Waals surface area contributed by atoms with Crippen LogP contribution in [0, 0.1) is 0 Å². The van der Waals surface area contributed by atoms with Gasteiger partial charge in [-0.1, -0.05) is 20.3 Å². The standard InChI is InChI=1S/C11H27NO3Si/c1-6-10-11(12,7-2)15-16(5,13-8-3)14-9-4/h6-10,12H2,1-5H3/t11-/m1/s1. The number of hydrogen-bond donors (Lipinski definition) is 1. The summed E-state index contributed by atoms with van der Waals surface area (Å²) in [5.74, 6) is 0. The van der Waals surface area contributed by atoms with Crippen LogP contribution in [0.2, 0.25) is 6.55 Å². The molecule has 0 bridgehead atoms. The van der Waals surface area contributed by atoms with Gasteiger partial charge in [0.1, 0.15) is 5.72 Å². The van der Waals surface area contributed by atoms with Crippen LogP contribution < -0.4 is 5.73 Å². The lowest BCUT2D eigenvalue weighted by Crippen LogP contribution is -2.55. The van der Waals surface area contributed by atoms with E-state index >= 15 is 0 Å². The van der Waals surface area contributed by atoms with E-state index in [0.29, 0.717) is 13.2 Å². The predicted octanol–water partition coefficient (Wildman–Crippen LogP) is 2.51. The van der Waals surface area contributed by atoms with Crippen molar-refractivity contribution in [1.82, 2.24) is 0 Å². The first-order chi connectivity index (χ1) is 7.45. The third-order valence-corrected chi connectivity index (χ3v) is 4.88. The second-order valence-electron chi connectivity index (χ2n) is 4.00. The third kappa shape index (κ3) is 5.40. The molecule has 5 heteroatoms. The Morgan fingerprint density at radius 3 is 1.88 bits per heavy atom. The molecule has 0 fully saturated rings. The van der Waals surface area contributed by atoms with Crippen LogP contribution in [0.4, 0.5) is 0 Å². The summed E-state index contributed by atoms with van der Waals surface area (Å²) in [6.45, 7) is 11.1. The first-order valence-corrected chi connectivity index (χ1v) is 8.44. The molecule has 16 heavy (non-hydrogen) atoms. The van der Waals surface area contributed by atoms with Crippen molar-refractivity contribution in [2.24, 2.45) is 5.73 Å². The molecule has 0 unspecified atom stereocenters. The quantitative estimate of drug-likeness (QED) is 0.504. The summed E-state index contributed by atoms with van der Waals surface area (Å²) in [6.07, 6.45) is 2.59. The molecule has 4 nitrogen and oxygen atoms in total. The maximum atomic E-state index is 6.21. The van der Waals surface area contributed by atoms with Gasteiger partial charge in [0, 0.05) is 19.8 Å². The molecule has 0 saturated carbocycles. The average Bonchev–Trinajstić information content (AvgIpc) is 2.18. The molecule has 1 atom stereocenters. The molecule has 0 aromatic rings. The molecular formula is C11H27NO3Si. The van der Waals surface area contributed by atoms with Crippen LogP contribution in [0.5, 0.6) is 0 Å². The molecule has 0 rings (SSSR count). The Hall–Kier alpha value is 0.0569. The van der Waals surface area contributed by atoms with Gasteiger partial charge in [-0.25, -0.2) is 0 Å². The van der Waals surface area contributed by atoms with Gasteiger partial charge in [-0.2, -0.15) is 0 Å². The fourth-order valence-corrected chi connectivity index (χ4v) is 3.95. The first kappa shape index (κ1) is 16.1. The fourth-order valence-electron chi connectivity index (χ4n) is 1.72. The Labute approximate surface area is 101 Å². The summed E-state index contributed by atoms with van der Waals surface area (Å²) < 4.78 is 17.2. The van der Waals surface area contributed by atoms with Crippen LogP contribution in [0.3, 0.4) is 0 Å². The Morgan fingerprint density at radius 2 is 1.56 bits per heavy atom. The van der Waals surface area contributed by atoms with Gasteiger partial charge in [0.15, 0.2) is 0 Å². The van der Waals surface area contributed by atoms with Crippen LogP contribution in [0.25, 0.3) is 0 Å². The van der Waals surface area contributed by atoms with E-state index in [9.17, 15) is 0 Å². The SMILES string of the molecule is CCC[C@@](N)(CC)O[Si](C)(OCC)OCC. The minimum absolute atomic E-state index is 0.592. The second-order valence-corrected chi connectivity index (χ2v) is 6.51. The van der Waals surface area contributed by atoms with Crippen LogP contribution in [-0.4, -0.2) is 27.7 Å². The van der Waals surface area contributed by atoms with E-state index in [4.69, 9.17) is 19.0 Å². The van der Waals surface area contributed by atoms with Crippen molar-refractivity contribution in [3.05, 3.63) is 0 Å². The van der Waals surface area contributed by atoms with Crippen LogP contribution >= 0.6 is 0 Å². The minimum Gasteiger partial charge on any atom is -0.374 e. The van der Waals surface area contributed by atoms with E-state index in [0.717, 1.165) is 19.3 Å². The maximum absolute atomic E-state index is 6.21. The van der Waals surface area contributed by atoms with Gasteiger partial charge in [-0.3, -0.25) is 0 Å². The summed E-state index contributed by atoms with van der Waals surface area (Å²) in [7, 11) is -2.57. The lowest BCUT2D eigenvalue weighted by molar-refractivity contribution is -0.0304. The van der Waals surface area contributed by atoms with Crippen LogP contribution in [0.1, 0.15) is 47.0 Å². The Bertz CT molecular complexity index is 186. The molecule has 0 heterocycles. The molecule has 0 aliphatic carbocycles. The minimum atomic E-state index is -2.57. The molecule has 0 aliphatic rings. The van der Waals surface area contributed by atoms with Gasteiger partial charge in [0.05, 0.1) is 0 Å². The highest BCUT2D eigenvalue weighted by Gasteiger charge is 2.41. The number of nitrogens with two attached hydrogens (primary N) is 1. The van der Waals surface area contributed by atoms with Crippen molar-refractivity contribution in [3.8, 4) is 0 Å². The molecule has 0 aliphatic heterocycles. The zero-order chi connectivity index (χ0) is 12.7. The van der Waals surface area contributed by atoms with E-state index in [1.54, 1.807) is 0 Å². The van der Waals surface area contributed by atoms with Crippen LogP contribution in [-0.2, 0) is 13.3 Å². The second kappa shape index (κ2) is 7.40. The summed E-state index contributed by atoms with van der Waals surface area (Å²) in [5.41, 5.74) is 5.60. The lowest BCUT2D eigenvalue weighted by atomic mass is 10.1. The molecule has 2 N–H and O–H groups in total.